The van der Waals surface area contributed by atoms with Crippen molar-refractivity contribution >= 4 is 26.8 Å². The van der Waals surface area contributed by atoms with Crippen molar-refractivity contribution in [2.24, 2.45) is 0 Å². The molecule has 0 aliphatic rings. The second kappa shape index (κ2) is 10.4. The highest BCUT2D eigenvalue weighted by molar-refractivity contribution is 9.10. The fourth-order valence-electron chi connectivity index (χ4n) is 4.42. The molecule has 2 aromatic heterocycles. The second-order valence-electron chi connectivity index (χ2n) is 8.54. The number of imidazole rings is 1. The molecule has 0 N–H and O–H groups in total. The smallest absolute Gasteiger partial charge is 0.336 e. The number of methoxy groups -OCH3 is 1. The number of fused-ring (bicyclic) bond motifs is 1. The molecule has 182 valence electrons. The summed E-state index contributed by atoms with van der Waals surface area (Å²) in [5.41, 5.74) is 2.76. The zero-order valence-electron chi connectivity index (χ0n) is 19.8. The van der Waals surface area contributed by atoms with E-state index in [2.05, 4.69) is 25.5 Å². The number of halogens is 1. The molecule has 0 saturated heterocycles. The Kier molecular flexibility index (Phi) is 6.86. The molecule has 8 heteroatoms. The molecule has 7 nitrogen and oxygen atoms in total. The summed E-state index contributed by atoms with van der Waals surface area (Å²) in [6.45, 7) is 1.18. The van der Waals surface area contributed by atoms with Crippen molar-refractivity contribution < 1.29 is 4.74 Å². The van der Waals surface area contributed by atoms with E-state index in [0.29, 0.717) is 29.7 Å². The topological polar surface area (TPSA) is 71.0 Å². The van der Waals surface area contributed by atoms with Crippen LogP contribution in [0, 0.1) is 0 Å². The fraction of sp³-hybridized carbons (Fsp3) is 0.179. The van der Waals surface area contributed by atoms with Crippen LogP contribution in [0.5, 0.6) is 5.75 Å². The monoisotopic (exact) mass is 544 g/mol. The molecular weight excluding hydrogens is 520 g/mol. The first-order valence-corrected chi connectivity index (χ1v) is 12.5. The highest BCUT2D eigenvalue weighted by Gasteiger charge is 2.15. The van der Waals surface area contributed by atoms with Crippen molar-refractivity contribution in [3.63, 3.8) is 0 Å². The van der Waals surface area contributed by atoms with E-state index in [1.54, 1.807) is 29.9 Å². The predicted molar refractivity (Wildman–Crippen MR) is 144 cm³/mol. The molecule has 0 aliphatic heterocycles. The Morgan fingerprint density at radius 2 is 1.78 bits per heavy atom. The molecule has 3 aromatic carbocycles. The number of aryl methyl sites for hydroxylation is 2. The Bertz CT molecular complexity index is 1630. The van der Waals surface area contributed by atoms with Crippen LogP contribution in [-0.2, 0) is 19.5 Å². The van der Waals surface area contributed by atoms with Crippen LogP contribution >= 0.6 is 15.9 Å². The summed E-state index contributed by atoms with van der Waals surface area (Å²) in [5.74, 6) is 0.825. The summed E-state index contributed by atoms with van der Waals surface area (Å²) in [4.78, 5) is 31.1. The number of hydrogen-bond acceptors (Lipinski definition) is 4. The molecule has 5 rings (SSSR count). The van der Waals surface area contributed by atoms with Crippen molar-refractivity contribution in [1.29, 1.82) is 0 Å². The number of rotatable bonds is 8. The molecule has 0 fully saturated rings. The number of para-hydroxylation sites is 1. The average Bonchev–Trinajstić information content (AvgIpc) is 3.33. The summed E-state index contributed by atoms with van der Waals surface area (Å²) in [7, 11) is 1.66. The number of ether oxygens (including phenoxy) is 1. The van der Waals surface area contributed by atoms with Gasteiger partial charge < -0.3 is 9.30 Å². The van der Waals surface area contributed by atoms with Gasteiger partial charge in [0.25, 0.3) is 5.56 Å². The summed E-state index contributed by atoms with van der Waals surface area (Å²) < 4.78 is 11.1. The largest absolute Gasteiger partial charge is 0.497 e. The van der Waals surface area contributed by atoms with E-state index in [4.69, 9.17) is 4.74 Å². The molecule has 0 amide bonds. The van der Waals surface area contributed by atoms with Crippen molar-refractivity contribution in [2.45, 2.75) is 25.9 Å². The van der Waals surface area contributed by atoms with E-state index >= 15 is 0 Å². The minimum Gasteiger partial charge on any atom is -0.497 e. The minimum absolute atomic E-state index is 0.317. The van der Waals surface area contributed by atoms with Crippen LogP contribution in [0.15, 0.2) is 99.4 Å². The Labute approximate surface area is 216 Å². The van der Waals surface area contributed by atoms with Crippen LogP contribution < -0.4 is 16.0 Å². The zero-order chi connectivity index (χ0) is 25.1. The van der Waals surface area contributed by atoms with Gasteiger partial charge in [-0.3, -0.25) is 9.36 Å². The van der Waals surface area contributed by atoms with Crippen LogP contribution in [0.1, 0.15) is 17.7 Å². The van der Waals surface area contributed by atoms with Gasteiger partial charge in [0.15, 0.2) is 0 Å². The number of hydrogen-bond donors (Lipinski definition) is 0. The van der Waals surface area contributed by atoms with E-state index in [-0.39, 0.29) is 11.2 Å². The number of aromatic nitrogens is 4. The molecule has 5 aromatic rings. The summed E-state index contributed by atoms with van der Waals surface area (Å²) in [5, 5.41) is 0.515. The third-order valence-corrected chi connectivity index (χ3v) is 6.74. The maximum Gasteiger partial charge on any atom is 0.336 e. The molecule has 0 spiro atoms. The molecule has 0 radical (unpaired) electrons. The second-order valence-corrected chi connectivity index (χ2v) is 9.45. The highest BCUT2D eigenvalue weighted by atomic mass is 79.9. The molecule has 0 aliphatic carbocycles. The van der Waals surface area contributed by atoms with Gasteiger partial charge in [-0.1, -0.05) is 46.3 Å². The molecule has 0 atom stereocenters. The van der Waals surface area contributed by atoms with Gasteiger partial charge in [-0.15, -0.1) is 0 Å². The van der Waals surface area contributed by atoms with Crippen LogP contribution in [0.3, 0.4) is 0 Å². The average molecular weight is 545 g/mol. The van der Waals surface area contributed by atoms with Crippen LogP contribution in [0.25, 0.3) is 16.6 Å². The lowest BCUT2D eigenvalue weighted by molar-refractivity contribution is 0.414. The zero-order valence-corrected chi connectivity index (χ0v) is 21.4. The fourth-order valence-corrected chi connectivity index (χ4v) is 4.81. The Morgan fingerprint density at radius 1 is 0.972 bits per heavy atom. The first-order chi connectivity index (χ1) is 17.5. The normalized spacial score (nSPS) is 11.2. The molecule has 2 heterocycles. The van der Waals surface area contributed by atoms with Crippen LogP contribution in [-0.4, -0.2) is 25.8 Å². The summed E-state index contributed by atoms with van der Waals surface area (Å²) >= 11 is 3.44. The Morgan fingerprint density at radius 3 is 2.56 bits per heavy atom. The third-order valence-electron chi connectivity index (χ3n) is 6.24. The van der Waals surface area contributed by atoms with Gasteiger partial charge in [-0.05, 0) is 60.9 Å². The maximum absolute atomic E-state index is 13.6. The van der Waals surface area contributed by atoms with Gasteiger partial charge in [0.05, 0.1) is 30.0 Å². The van der Waals surface area contributed by atoms with Crippen molar-refractivity contribution in [2.75, 3.05) is 7.11 Å². The third kappa shape index (κ3) is 4.77. The standard InChI is InChI=1S/C28H25BrN4O3/c1-36-24-13-11-20(12-14-24)18-31-19-30-17-23(31)8-5-15-32-26-10-3-2-9-25(26)27(34)33(28(32)35)22-7-4-6-21(29)16-22/h2-4,6-7,9-14,16-17,19H,5,8,15,18H2,1H3. The molecule has 0 saturated carbocycles. The first kappa shape index (κ1) is 23.8. The number of benzene rings is 3. The van der Waals surface area contributed by atoms with Crippen LogP contribution in [0.2, 0.25) is 0 Å². The quantitative estimate of drug-likeness (QED) is 0.281. The van der Waals surface area contributed by atoms with Gasteiger partial charge in [0.2, 0.25) is 0 Å². The molecular formula is C28H25BrN4O3. The van der Waals surface area contributed by atoms with Crippen molar-refractivity contribution in [3.8, 4) is 11.4 Å². The van der Waals surface area contributed by atoms with Gasteiger partial charge >= 0.3 is 5.69 Å². The summed E-state index contributed by atoms with van der Waals surface area (Å²) in [6.07, 6.45) is 5.16. The first-order valence-electron chi connectivity index (χ1n) is 11.7. The van der Waals surface area contributed by atoms with Crippen molar-refractivity contribution in [3.05, 3.63) is 122 Å². The van der Waals surface area contributed by atoms with Gasteiger partial charge in [0.1, 0.15) is 5.75 Å². The summed E-state index contributed by atoms with van der Waals surface area (Å²) in [6, 6.07) is 22.5. The molecule has 0 bridgehead atoms. The van der Waals surface area contributed by atoms with E-state index in [1.807, 2.05) is 67.1 Å². The van der Waals surface area contributed by atoms with Gasteiger partial charge in [0, 0.05) is 29.5 Å². The van der Waals surface area contributed by atoms with E-state index in [9.17, 15) is 9.59 Å². The van der Waals surface area contributed by atoms with Crippen LogP contribution in [0.4, 0.5) is 0 Å². The van der Waals surface area contributed by atoms with Gasteiger partial charge in [-0.25, -0.2) is 14.3 Å². The predicted octanol–water partition coefficient (Wildman–Crippen LogP) is 4.80. The SMILES string of the molecule is COc1ccc(Cn2cncc2CCCn2c(=O)n(-c3cccc(Br)c3)c(=O)c3ccccc32)cc1. The minimum atomic E-state index is -0.344. The molecule has 36 heavy (non-hydrogen) atoms. The molecule has 0 unspecified atom stereocenters. The van der Waals surface area contributed by atoms with E-state index in [1.165, 1.54) is 4.57 Å². The lowest BCUT2D eigenvalue weighted by Crippen LogP contribution is -2.39. The van der Waals surface area contributed by atoms with Gasteiger partial charge in [-0.2, -0.15) is 0 Å². The highest BCUT2D eigenvalue weighted by Crippen LogP contribution is 2.17. The van der Waals surface area contributed by atoms with Crippen molar-refractivity contribution in [1.82, 2.24) is 18.7 Å². The van der Waals surface area contributed by atoms with E-state index < -0.39 is 0 Å². The lowest BCUT2D eigenvalue weighted by atomic mass is 10.2. The van der Waals surface area contributed by atoms with E-state index in [0.717, 1.165) is 34.3 Å². The lowest BCUT2D eigenvalue weighted by Gasteiger charge is -2.15. The Hall–Kier alpha value is -3.91. The number of nitrogens with zero attached hydrogens (tertiary/aromatic N) is 4. The Balaban J connectivity index is 1.42. The maximum atomic E-state index is 13.6.